The van der Waals surface area contributed by atoms with Gasteiger partial charge in [0.05, 0.1) is 15.5 Å². The van der Waals surface area contributed by atoms with Crippen LogP contribution in [0.25, 0.3) is 0 Å². The first-order valence-electron chi connectivity index (χ1n) is 5.31. The van der Waals surface area contributed by atoms with Crippen molar-refractivity contribution >= 4 is 23.4 Å². The maximum absolute atomic E-state index is 13.0. The van der Waals surface area contributed by atoms with Gasteiger partial charge in [-0.2, -0.15) is 13.2 Å². The molecule has 2 aromatic rings. The van der Waals surface area contributed by atoms with E-state index in [0.717, 1.165) is 17.8 Å². The van der Waals surface area contributed by atoms with Gasteiger partial charge in [-0.3, -0.25) is 0 Å². The summed E-state index contributed by atoms with van der Waals surface area (Å²) in [4.78, 5) is 7.43. The molecule has 1 heterocycles. The van der Waals surface area contributed by atoms with Crippen molar-refractivity contribution in [2.45, 2.75) is 11.1 Å². The van der Waals surface area contributed by atoms with Gasteiger partial charge in [0.15, 0.2) is 0 Å². The molecule has 0 saturated carbocycles. The SMILES string of the molecule is CSc1c(Oc2ccncn2)ccc(Cl)c1C(F)(F)F. The van der Waals surface area contributed by atoms with Crippen LogP contribution in [0.3, 0.4) is 0 Å². The highest BCUT2D eigenvalue weighted by Gasteiger charge is 2.37. The number of benzene rings is 1. The van der Waals surface area contributed by atoms with Gasteiger partial charge in [0.25, 0.3) is 0 Å². The summed E-state index contributed by atoms with van der Waals surface area (Å²) in [5.41, 5.74) is -0.904. The van der Waals surface area contributed by atoms with Crippen molar-refractivity contribution in [2.24, 2.45) is 0 Å². The van der Waals surface area contributed by atoms with E-state index in [1.54, 1.807) is 0 Å². The minimum Gasteiger partial charge on any atom is -0.438 e. The largest absolute Gasteiger partial charge is 0.438 e. The topological polar surface area (TPSA) is 35.0 Å². The highest BCUT2D eigenvalue weighted by atomic mass is 35.5. The third-order valence-electron chi connectivity index (χ3n) is 2.33. The summed E-state index contributed by atoms with van der Waals surface area (Å²) in [5.74, 6) is 0.207. The lowest BCUT2D eigenvalue weighted by Crippen LogP contribution is -2.08. The number of alkyl halides is 3. The second-order valence-electron chi connectivity index (χ2n) is 3.60. The molecular weight excluding hydrogens is 313 g/mol. The summed E-state index contributed by atoms with van der Waals surface area (Å²) >= 11 is 6.56. The highest BCUT2D eigenvalue weighted by Crippen LogP contribution is 2.45. The van der Waals surface area contributed by atoms with Gasteiger partial charge in [0, 0.05) is 12.3 Å². The van der Waals surface area contributed by atoms with E-state index in [1.165, 1.54) is 30.9 Å². The maximum atomic E-state index is 13.0. The number of thioether (sulfide) groups is 1. The van der Waals surface area contributed by atoms with Crippen LogP contribution in [0.5, 0.6) is 11.6 Å². The molecule has 0 saturated heterocycles. The fourth-order valence-corrected chi connectivity index (χ4v) is 2.60. The van der Waals surface area contributed by atoms with Gasteiger partial charge in [0.1, 0.15) is 12.1 Å². The molecule has 20 heavy (non-hydrogen) atoms. The molecule has 0 aliphatic rings. The Morgan fingerprint density at radius 1 is 1.25 bits per heavy atom. The Balaban J connectivity index is 2.50. The molecule has 2 rings (SSSR count). The van der Waals surface area contributed by atoms with Gasteiger partial charge in [-0.15, -0.1) is 11.8 Å². The summed E-state index contributed by atoms with van der Waals surface area (Å²) in [6, 6.07) is 3.98. The van der Waals surface area contributed by atoms with Crippen LogP contribution in [0.15, 0.2) is 35.6 Å². The molecule has 3 nitrogen and oxygen atoms in total. The van der Waals surface area contributed by atoms with Crippen molar-refractivity contribution in [3.63, 3.8) is 0 Å². The molecule has 0 atom stereocenters. The van der Waals surface area contributed by atoms with E-state index < -0.39 is 11.7 Å². The average molecular weight is 321 g/mol. The molecule has 0 aliphatic heterocycles. The average Bonchev–Trinajstić information content (AvgIpc) is 2.40. The molecule has 0 amide bonds. The lowest BCUT2D eigenvalue weighted by atomic mass is 10.2. The van der Waals surface area contributed by atoms with Crippen molar-refractivity contribution in [1.29, 1.82) is 0 Å². The Hall–Kier alpha value is -1.47. The maximum Gasteiger partial charge on any atom is 0.419 e. The molecule has 106 valence electrons. The Bertz CT molecular complexity index is 608. The number of rotatable bonds is 3. The molecule has 0 bridgehead atoms. The van der Waals surface area contributed by atoms with E-state index in [2.05, 4.69) is 9.97 Å². The lowest BCUT2D eigenvalue weighted by Gasteiger charge is -2.16. The van der Waals surface area contributed by atoms with Crippen LogP contribution in [0.2, 0.25) is 5.02 Å². The Morgan fingerprint density at radius 2 is 2.00 bits per heavy atom. The monoisotopic (exact) mass is 320 g/mol. The normalized spacial score (nSPS) is 11.4. The fraction of sp³-hybridized carbons (Fsp3) is 0.167. The first kappa shape index (κ1) is 14.9. The van der Waals surface area contributed by atoms with Crippen LogP contribution in [0.1, 0.15) is 5.56 Å². The first-order chi connectivity index (χ1) is 9.43. The first-order valence-corrected chi connectivity index (χ1v) is 6.91. The van der Waals surface area contributed by atoms with E-state index in [1.807, 2.05) is 0 Å². The summed E-state index contributed by atoms with van der Waals surface area (Å²) in [7, 11) is 0. The van der Waals surface area contributed by atoms with Crippen LogP contribution in [0, 0.1) is 0 Å². The molecule has 0 aliphatic carbocycles. The Labute approximate surface area is 122 Å². The molecule has 0 fully saturated rings. The third-order valence-corrected chi connectivity index (χ3v) is 3.46. The van der Waals surface area contributed by atoms with Gasteiger partial charge in [-0.25, -0.2) is 9.97 Å². The van der Waals surface area contributed by atoms with Crippen molar-refractivity contribution in [2.75, 3.05) is 6.26 Å². The summed E-state index contributed by atoms with van der Waals surface area (Å²) in [6.07, 6.45) is -0.357. The minimum atomic E-state index is -4.56. The molecule has 1 aromatic heterocycles. The predicted molar refractivity (Wildman–Crippen MR) is 70.3 cm³/mol. The van der Waals surface area contributed by atoms with Crippen LogP contribution in [-0.4, -0.2) is 16.2 Å². The lowest BCUT2D eigenvalue weighted by molar-refractivity contribution is -0.139. The van der Waals surface area contributed by atoms with Gasteiger partial charge in [0.2, 0.25) is 5.88 Å². The zero-order chi connectivity index (χ0) is 14.8. The molecule has 8 heteroatoms. The zero-order valence-electron chi connectivity index (χ0n) is 10.1. The van der Waals surface area contributed by atoms with Crippen molar-refractivity contribution in [3.8, 4) is 11.6 Å². The van der Waals surface area contributed by atoms with E-state index in [4.69, 9.17) is 16.3 Å². The van der Waals surface area contributed by atoms with E-state index in [-0.39, 0.29) is 21.5 Å². The fourth-order valence-electron chi connectivity index (χ4n) is 1.54. The number of halogens is 4. The molecular formula is C12H8ClF3N2OS. The molecule has 0 spiro atoms. The number of ether oxygens (including phenoxy) is 1. The summed E-state index contributed by atoms with van der Waals surface area (Å²) in [5, 5.41) is -0.364. The van der Waals surface area contributed by atoms with Crippen molar-refractivity contribution < 1.29 is 17.9 Å². The van der Waals surface area contributed by atoms with Gasteiger partial charge in [-0.1, -0.05) is 11.6 Å². The standard InChI is InChI=1S/C12H8ClF3N2OS/c1-20-11-8(19-9-4-5-17-6-18-9)3-2-7(13)10(11)12(14,15)16/h2-6H,1H3. The number of aromatic nitrogens is 2. The Kier molecular flexibility index (Phi) is 4.39. The number of nitrogens with zero attached hydrogens (tertiary/aromatic N) is 2. The minimum absolute atomic E-state index is 0.0490. The van der Waals surface area contributed by atoms with E-state index in [9.17, 15) is 13.2 Å². The highest BCUT2D eigenvalue weighted by molar-refractivity contribution is 7.98. The quantitative estimate of drug-likeness (QED) is 0.770. The second-order valence-corrected chi connectivity index (χ2v) is 4.82. The Morgan fingerprint density at radius 3 is 2.55 bits per heavy atom. The van der Waals surface area contributed by atoms with Crippen LogP contribution in [0.4, 0.5) is 13.2 Å². The van der Waals surface area contributed by atoms with E-state index in [0.29, 0.717) is 0 Å². The molecule has 1 aromatic carbocycles. The summed E-state index contributed by atoms with van der Waals surface area (Å²) in [6.45, 7) is 0. The summed E-state index contributed by atoms with van der Waals surface area (Å²) < 4.78 is 44.5. The third kappa shape index (κ3) is 3.16. The van der Waals surface area contributed by atoms with Crippen molar-refractivity contribution in [3.05, 3.63) is 41.3 Å². The smallest absolute Gasteiger partial charge is 0.419 e. The predicted octanol–water partition coefficient (Wildman–Crippen LogP) is 4.66. The van der Waals surface area contributed by atoms with Gasteiger partial charge >= 0.3 is 6.18 Å². The van der Waals surface area contributed by atoms with Crippen LogP contribution in [-0.2, 0) is 6.18 Å². The number of hydrogen-bond acceptors (Lipinski definition) is 4. The molecule has 0 radical (unpaired) electrons. The van der Waals surface area contributed by atoms with Gasteiger partial charge < -0.3 is 4.74 Å². The van der Waals surface area contributed by atoms with Crippen LogP contribution < -0.4 is 4.74 Å². The van der Waals surface area contributed by atoms with E-state index >= 15 is 0 Å². The second kappa shape index (κ2) is 5.88. The number of hydrogen-bond donors (Lipinski definition) is 0. The van der Waals surface area contributed by atoms with Crippen LogP contribution >= 0.6 is 23.4 Å². The molecule has 0 N–H and O–H groups in total. The van der Waals surface area contributed by atoms with Crippen molar-refractivity contribution in [1.82, 2.24) is 9.97 Å². The van der Waals surface area contributed by atoms with Gasteiger partial charge in [-0.05, 0) is 18.4 Å². The molecule has 0 unspecified atom stereocenters. The zero-order valence-corrected chi connectivity index (χ0v) is 11.7.